The third-order valence-corrected chi connectivity index (χ3v) is 5.13. The Labute approximate surface area is 166 Å². The SMILES string of the molecule is CC(C)c1ccc(-c2cc(-n3ccc(-c4cccc(C(C)C)c4)n3)n[nH]2)cc1. The van der Waals surface area contributed by atoms with Crippen molar-refractivity contribution in [1.82, 2.24) is 20.0 Å². The zero-order valence-electron chi connectivity index (χ0n) is 16.8. The smallest absolute Gasteiger partial charge is 0.175 e. The molecule has 0 unspecified atom stereocenters. The second-order valence-electron chi connectivity index (χ2n) is 7.84. The molecule has 0 aliphatic rings. The van der Waals surface area contributed by atoms with Crippen LogP contribution in [-0.4, -0.2) is 20.0 Å². The van der Waals surface area contributed by atoms with Gasteiger partial charge in [0, 0.05) is 17.8 Å². The van der Waals surface area contributed by atoms with E-state index < -0.39 is 0 Å². The van der Waals surface area contributed by atoms with Crippen molar-refractivity contribution in [3.05, 3.63) is 78.0 Å². The van der Waals surface area contributed by atoms with Crippen LogP contribution < -0.4 is 0 Å². The monoisotopic (exact) mass is 370 g/mol. The summed E-state index contributed by atoms with van der Waals surface area (Å²) >= 11 is 0. The van der Waals surface area contributed by atoms with Crippen LogP contribution in [-0.2, 0) is 0 Å². The maximum absolute atomic E-state index is 4.73. The molecule has 0 amide bonds. The lowest BCUT2D eigenvalue weighted by Crippen LogP contribution is -1.95. The first-order chi connectivity index (χ1) is 13.5. The summed E-state index contributed by atoms with van der Waals surface area (Å²) in [4.78, 5) is 0. The van der Waals surface area contributed by atoms with E-state index in [1.807, 2.05) is 23.0 Å². The summed E-state index contributed by atoms with van der Waals surface area (Å²) in [7, 11) is 0. The van der Waals surface area contributed by atoms with Gasteiger partial charge >= 0.3 is 0 Å². The predicted molar refractivity (Wildman–Crippen MR) is 115 cm³/mol. The predicted octanol–water partition coefficient (Wildman–Crippen LogP) is 6.18. The lowest BCUT2D eigenvalue weighted by molar-refractivity contribution is 0.838. The van der Waals surface area contributed by atoms with Crippen LogP contribution in [0.5, 0.6) is 0 Å². The summed E-state index contributed by atoms with van der Waals surface area (Å²) in [6, 6.07) is 21.3. The number of aromatic amines is 1. The van der Waals surface area contributed by atoms with Gasteiger partial charge in [-0.15, -0.1) is 0 Å². The van der Waals surface area contributed by atoms with Gasteiger partial charge in [0.1, 0.15) is 0 Å². The van der Waals surface area contributed by atoms with Gasteiger partial charge in [-0.25, -0.2) is 4.68 Å². The Balaban J connectivity index is 1.59. The second-order valence-corrected chi connectivity index (χ2v) is 7.84. The van der Waals surface area contributed by atoms with Crippen LogP contribution >= 0.6 is 0 Å². The molecule has 0 saturated carbocycles. The van der Waals surface area contributed by atoms with E-state index in [0.717, 1.165) is 28.3 Å². The van der Waals surface area contributed by atoms with Gasteiger partial charge in [-0.1, -0.05) is 70.2 Å². The number of aromatic nitrogens is 4. The molecule has 0 spiro atoms. The van der Waals surface area contributed by atoms with E-state index in [1.165, 1.54) is 11.1 Å². The normalized spacial score (nSPS) is 11.5. The van der Waals surface area contributed by atoms with Crippen LogP contribution in [0.4, 0.5) is 0 Å². The van der Waals surface area contributed by atoms with E-state index in [1.54, 1.807) is 0 Å². The minimum atomic E-state index is 0.498. The molecule has 0 radical (unpaired) electrons. The highest BCUT2D eigenvalue weighted by Gasteiger charge is 2.10. The Morgan fingerprint density at radius 3 is 2.25 bits per heavy atom. The zero-order chi connectivity index (χ0) is 19.7. The first-order valence-electron chi connectivity index (χ1n) is 9.83. The van der Waals surface area contributed by atoms with Gasteiger partial charge < -0.3 is 0 Å². The van der Waals surface area contributed by atoms with Crippen molar-refractivity contribution in [1.29, 1.82) is 0 Å². The maximum atomic E-state index is 4.73. The topological polar surface area (TPSA) is 46.5 Å². The molecule has 4 nitrogen and oxygen atoms in total. The van der Waals surface area contributed by atoms with Crippen molar-refractivity contribution in [2.24, 2.45) is 0 Å². The summed E-state index contributed by atoms with van der Waals surface area (Å²) in [5, 5.41) is 12.3. The van der Waals surface area contributed by atoms with Gasteiger partial charge in [0.05, 0.1) is 11.4 Å². The molecule has 0 aliphatic carbocycles. The van der Waals surface area contributed by atoms with Gasteiger partial charge in [-0.05, 0) is 40.7 Å². The van der Waals surface area contributed by atoms with E-state index in [2.05, 4.69) is 86.4 Å². The molecule has 28 heavy (non-hydrogen) atoms. The van der Waals surface area contributed by atoms with E-state index >= 15 is 0 Å². The molecular weight excluding hydrogens is 344 g/mol. The molecule has 0 atom stereocenters. The zero-order valence-corrected chi connectivity index (χ0v) is 16.8. The molecule has 2 heterocycles. The van der Waals surface area contributed by atoms with Crippen LogP contribution in [0.2, 0.25) is 0 Å². The van der Waals surface area contributed by atoms with Gasteiger partial charge in [-0.3, -0.25) is 5.10 Å². The molecule has 4 aromatic rings. The summed E-state index contributed by atoms with van der Waals surface area (Å²) < 4.78 is 1.82. The Hall–Kier alpha value is -3.14. The van der Waals surface area contributed by atoms with Crippen LogP contribution in [0.3, 0.4) is 0 Å². The Kier molecular flexibility index (Phi) is 4.86. The highest BCUT2D eigenvalue weighted by Crippen LogP contribution is 2.25. The maximum Gasteiger partial charge on any atom is 0.175 e. The number of nitrogens with zero attached hydrogens (tertiary/aromatic N) is 3. The van der Waals surface area contributed by atoms with Crippen molar-refractivity contribution >= 4 is 0 Å². The molecule has 2 aromatic heterocycles. The van der Waals surface area contributed by atoms with Crippen LogP contribution in [0.15, 0.2) is 66.9 Å². The standard InChI is InChI=1S/C24H26N4/c1-16(2)18-8-10-19(11-9-18)23-15-24(26-25-23)28-13-12-22(27-28)21-7-5-6-20(14-21)17(3)4/h5-17H,1-4H3,(H,25,26). The average molecular weight is 371 g/mol. The summed E-state index contributed by atoms with van der Waals surface area (Å²) in [5.41, 5.74) is 6.85. The molecule has 0 bridgehead atoms. The van der Waals surface area contributed by atoms with Crippen molar-refractivity contribution < 1.29 is 0 Å². The molecule has 2 aromatic carbocycles. The van der Waals surface area contributed by atoms with Gasteiger partial charge in [0.15, 0.2) is 5.82 Å². The molecule has 0 saturated heterocycles. The second kappa shape index (κ2) is 7.47. The van der Waals surface area contributed by atoms with Crippen LogP contribution in [0, 0.1) is 0 Å². The molecular formula is C24H26N4. The Morgan fingerprint density at radius 2 is 1.54 bits per heavy atom. The number of nitrogens with one attached hydrogen (secondary N) is 1. The minimum Gasteiger partial charge on any atom is -0.276 e. The molecule has 1 N–H and O–H groups in total. The third-order valence-electron chi connectivity index (χ3n) is 5.13. The fourth-order valence-electron chi connectivity index (χ4n) is 3.29. The summed E-state index contributed by atoms with van der Waals surface area (Å²) in [6.45, 7) is 8.82. The van der Waals surface area contributed by atoms with E-state index in [0.29, 0.717) is 11.8 Å². The van der Waals surface area contributed by atoms with Crippen molar-refractivity contribution in [2.75, 3.05) is 0 Å². The first kappa shape index (κ1) is 18.2. The number of H-pyrrole nitrogens is 1. The lowest BCUT2D eigenvalue weighted by Gasteiger charge is -2.06. The van der Waals surface area contributed by atoms with E-state index in [9.17, 15) is 0 Å². The van der Waals surface area contributed by atoms with Gasteiger partial charge in [0.2, 0.25) is 0 Å². The van der Waals surface area contributed by atoms with Crippen molar-refractivity contribution in [3.8, 4) is 28.3 Å². The quantitative estimate of drug-likeness (QED) is 0.456. The van der Waals surface area contributed by atoms with Crippen molar-refractivity contribution in [2.45, 2.75) is 39.5 Å². The van der Waals surface area contributed by atoms with Crippen molar-refractivity contribution in [3.63, 3.8) is 0 Å². The third kappa shape index (κ3) is 3.63. The van der Waals surface area contributed by atoms with Gasteiger partial charge in [-0.2, -0.15) is 10.2 Å². The van der Waals surface area contributed by atoms with Crippen LogP contribution in [0.25, 0.3) is 28.3 Å². The Bertz CT molecular complexity index is 1070. The average Bonchev–Trinajstić information content (AvgIpc) is 3.38. The fourth-order valence-corrected chi connectivity index (χ4v) is 3.29. The number of benzene rings is 2. The molecule has 4 rings (SSSR count). The van der Waals surface area contributed by atoms with E-state index in [-0.39, 0.29) is 0 Å². The number of hydrogen-bond donors (Lipinski definition) is 1. The number of rotatable bonds is 5. The first-order valence-corrected chi connectivity index (χ1v) is 9.83. The number of hydrogen-bond acceptors (Lipinski definition) is 2. The highest BCUT2D eigenvalue weighted by atomic mass is 15.3. The summed E-state index contributed by atoms with van der Waals surface area (Å²) in [6.07, 6.45) is 1.96. The fraction of sp³-hybridized carbons (Fsp3) is 0.250. The summed E-state index contributed by atoms with van der Waals surface area (Å²) in [5.74, 6) is 1.82. The molecule has 0 aliphatic heterocycles. The lowest BCUT2D eigenvalue weighted by atomic mass is 10.00. The minimum absolute atomic E-state index is 0.498. The van der Waals surface area contributed by atoms with E-state index in [4.69, 9.17) is 5.10 Å². The Morgan fingerprint density at radius 1 is 0.786 bits per heavy atom. The molecule has 4 heteroatoms. The molecule has 0 fully saturated rings. The van der Waals surface area contributed by atoms with Crippen LogP contribution in [0.1, 0.15) is 50.7 Å². The highest BCUT2D eigenvalue weighted by molar-refractivity contribution is 5.62. The van der Waals surface area contributed by atoms with Gasteiger partial charge in [0.25, 0.3) is 0 Å². The molecule has 142 valence electrons. The largest absolute Gasteiger partial charge is 0.276 e.